The molecule has 112 valence electrons. The van der Waals surface area contributed by atoms with Crippen LogP contribution in [-0.4, -0.2) is 28.1 Å². The van der Waals surface area contributed by atoms with E-state index in [9.17, 15) is 4.39 Å². The van der Waals surface area contributed by atoms with Crippen molar-refractivity contribution in [3.05, 3.63) is 30.1 Å². The van der Waals surface area contributed by atoms with Crippen LogP contribution >= 0.6 is 0 Å². The Labute approximate surface area is 122 Å². The van der Waals surface area contributed by atoms with Crippen molar-refractivity contribution >= 4 is 5.95 Å². The molecule has 0 saturated heterocycles. The fourth-order valence-electron chi connectivity index (χ4n) is 1.50. The molecule has 2 aromatic rings. The Bertz CT molecular complexity index is 578. The summed E-state index contributed by atoms with van der Waals surface area (Å²) in [5.74, 6) is 0.484. The first-order valence-electron chi connectivity index (χ1n) is 6.77. The van der Waals surface area contributed by atoms with Gasteiger partial charge in [0.1, 0.15) is 11.6 Å². The molecule has 1 aromatic heterocycles. The monoisotopic (exact) mass is 292 g/mol. The predicted octanol–water partition coefficient (Wildman–Crippen LogP) is 3.02. The van der Waals surface area contributed by atoms with Gasteiger partial charge in [0.15, 0.2) is 0 Å². The Morgan fingerprint density at radius 3 is 2.43 bits per heavy atom. The van der Waals surface area contributed by atoms with Gasteiger partial charge < -0.3 is 14.8 Å². The molecule has 0 radical (unpaired) electrons. The van der Waals surface area contributed by atoms with Crippen molar-refractivity contribution in [1.82, 2.24) is 15.0 Å². The van der Waals surface area contributed by atoms with Crippen molar-refractivity contribution in [3.63, 3.8) is 0 Å². The van der Waals surface area contributed by atoms with E-state index >= 15 is 0 Å². The van der Waals surface area contributed by atoms with Gasteiger partial charge >= 0.3 is 12.0 Å². The molecular weight excluding hydrogens is 275 g/mol. The molecule has 0 aliphatic heterocycles. The van der Waals surface area contributed by atoms with Crippen LogP contribution in [0.4, 0.5) is 10.3 Å². The SMILES string of the molecule is CCCNc1nc(OCC)nc(Oc2ccc(F)cc2)n1. The van der Waals surface area contributed by atoms with Gasteiger partial charge in [-0.2, -0.15) is 9.97 Å². The van der Waals surface area contributed by atoms with E-state index in [1.165, 1.54) is 24.3 Å². The maximum atomic E-state index is 12.9. The van der Waals surface area contributed by atoms with Crippen LogP contribution < -0.4 is 14.8 Å². The largest absolute Gasteiger partial charge is 0.464 e. The molecule has 1 heterocycles. The topological polar surface area (TPSA) is 69.2 Å². The maximum Gasteiger partial charge on any atom is 0.330 e. The average Bonchev–Trinajstić information content (AvgIpc) is 2.48. The van der Waals surface area contributed by atoms with E-state index in [-0.39, 0.29) is 17.8 Å². The lowest BCUT2D eigenvalue weighted by atomic mass is 10.3. The molecule has 2 rings (SSSR count). The molecule has 0 aliphatic carbocycles. The summed E-state index contributed by atoms with van der Waals surface area (Å²) in [6, 6.07) is 5.88. The van der Waals surface area contributed by atoms with Crippen LogP contribution in [0, 0.1) is 5.82 Å². The van der Waals surface area contributed by atoms with E-state index < -0.39 is 0 Å². The zero-order valence-electron chi connectivity index (χ0n) is 12.0. The second-order valence-corrected chi connectivity index (χ2v) is 4.14. The van der Waals surface area contributed by atoms with Gasteiger partial charge in [-0.1, -0.05) is 6.92 Å². The second-order valence-electron chi connectivity index (χ2n) is 4.14. The van der Waals surface area contributed by atoms with Crippen molar-refractivity contribution < 1.29 is 13.9 Å². The Balaban J connectivity index is 2.19. The molecule has 0 spiro atoms. The second kappa shape index (κ2) is 7.37. The lowest BCUT2D eigenvalue weighted by Crippen LogP contribution is -2.08. The first-order valence-corrected chi connectivity index (χ1v) is 6.77. The van der Waals surface area contributed by atoms with Crippen LogP contribution in [0.25, 0.3) is 0 Å². The fraction of sp³-hybridized carbons (Fsp3) is 0.357. The minimum absolute atomic E-state index is 0.0960. The minimum atomic E-state index is -0.335. The maximum absolute atomic E-state index is 12.9. The molecule has 1 aromatic carbocycles. The van der Waals surface area contributed by atoms with Crippen molar-refractivity contribution in [3.8, 4) is 17.8 Å². The van der Waals surface area contributed by atoms with Crippen LogP contribution in [0.5, 0.6) is 17.8 Å². The van der Waals surface area contributed by atoms with Gasteiger partial charge in [-0.15, -0.1) is 4.98 Å². The number of nitrogens with one attached hydrogen (secondary N) is 1. The highest BCUT2D eigenvalue weighted by atomic mass is 19.1. The summed E-state index contributed by atoms with van der Waals surface area (Å²) in [6.07, 6.45) is 0.934. The number of ether oxygens (including phenoxy) is 2. The number of aromatic nitrogens is 3. The zero-order valence-corrected chi connectivity index (χ0v) is 12.0. The molecule has 0 bridgehead atoms. The molecule has 0 aliphatic rings. The predicted molar refractivity (Wildman–Crippen MR) is 76.3 cm³/mol. The lowest BCUT2D eigenvalue weighted by molar-refractivity contribution is 0.303. The minimum Gasteiger partial charge on any atom is -0.464 e. The number of hydrogen-bond acceptors (Lipinski definition) is 6. The first-order chi connectivity index (χ1) is 10.2. The summed E-state index contributed by atoms with van der Waals surface area (Å²) in [5, 5.41) is 3.05. The zero-order chi connectivity index (χ0) is 15.1. The van der Waals surface area contributed by atoms with Gasteiger partial charge in [-0.25, -0.2) is 4.39 Å². The van der Waals surface area contributed by atoms with Crippen LogP contribution in [0.3, 0.4) is 0 Å². The summed E-state index contributed by atoms with van der Waals surface area (Å²) >= 11 is 0. The van der Waals surface area contributed by atoms with E-state index in [0.717, 1.165) is 13.0 Å². The number of anilines is 1. The third-order valence-electron chi connectivity index (χ3n) is 2.42. The number of hydrogen-bond donors (Lipinski definition) is 1. The Morgan fingerprint density at radius 2 is 1.76 bits per heavy atom. The van der Waals surface area contributed by atoms with E-state index in [2.05, 4.69) is 20.3 Å². The van der Waals surface area contributed by atoms with E-state index in [1.54, 1.807) is 0 Å². The molecular formula is C14H17FN4O2. The summed E-state index contributed by atoms with van der Waals surface area (Å²) in [5.41, 5.74) is 0. The molecule has 0 atom stereocenters. The van der Waals surface area contributed by atoms with E-state index in [1.807, 2.05) is 13.8 Å². The molecule has 6 nitrogen and oxygen atoms in total. The number of rotatable bonds is 7. The highest BCUT2D eigenvalue weighted by Gasteiger charge is 2.09. The number of halogens is 1. The molecule has 0 fully saturated rings. The van der Waals surface area contributed by atoms with Gasteiger partial charge in [-0.3, -0.25) is 0 Å². The van der Waals surface area contributed by atoms with Crippen LogP contribution in [0.2, 0.25) is 0 Å². The average molecular weight is 292 g/mol. The standard InChI is InChI=1S/C14H17FN4O2/c1-3-9-16-12-17-13(20-4-2)19-14(18-12)21-11-7-5-10(15)6-8-11/h5-8H,3-4,9H2,1-2H3,(H,16,17,18,19). The molecule has 21 heavy (non-hydrogen) atoms. The van der Waals surface area contributed by atoms with Gasteiger partial charge in [0.05, 0.1) is 6.61 Å². The Kier molecular flexibility index (Phi) is 5.25. The van der Waals surface area contributed by atoms with Gasteiger partial charge in [0.2, 0.25) is 5.95 Å². The first kappa shape index (κ1) is 15.0. The Hall–Kier alpha value is -2.44. The van der Waals surface area contributed by atoms with Crippen molar-refractivity contribution in [2.24, 2.45) is 0 Å². The molecule has 1 N–H and O–H groups in total. The third kappa shape index (κ3) is 4.55. The van der Waals surface area contributed by atoms with E-state index in [0.29, 0.717) is 18.3 Å². The normalized spacial score (nSPS) is 10.2. The van der Waals surface area contributed by atoms with Gasteiger partial charge in [0.25, 0.3) is 0 Å². The molecule has 7 heteroatoms. The third-order valence-corrected chi connectivity index (χ3v) is 2.42. The summed E-state index contributed by atoms with van der Waals surface area (Å²) in [7, 11) is 0. The summed E-state index contributed by atoms with van der Waals surface area (Å²) in [4.78, 5) is 12.3. The van der Waals surface area contributed by atoms with Crippen molar-refractivity contribution in [1.29, 1.82) is 0 Å². The van der Waals surface area contributed by atoms with Crippen LogP contribution in [-0.2, 0) is 0 Å². The van der Waals surface area contributed by atoms with Gasteiger partial charge in [0, 0.05) is 6.54 Å². The van der Waals surface area contributed by atoms with Gasteiger partial charge in [-0.05, 0) is 37.6 Å². The molecule has 0 unspecified atom stereocenters. The fourth-order valence-corrected chi connectivity index (χ4v) is 1.50. The summed E-state index contributed by atoms with van der Waals surface area (Å²) in [6.45, 7) is 5.04. The summed E-state index contributed by atoms with van der Waals surface area (Å²) < 4.78 is 23.6. The number of nitrogens with zero attached hydrogens (tertiary/aromatic N) is 3. The van der Waals surface area contributed by atoms with Crippen LogP contribution in [0.15, 0.2) is 24.3 Å². The lowest BCUT2D eigenvalue weighted by Gasteiger charge is -2.09. The van der Waals surface area contributed by atoms with E-state index in [4.69, 9.17) is 9.47 Å². The van der Waals surface area contributed by atoms with Crippen molar-refractivity contribution in [2.75, 3.05) is 18.5 Å². The smallest absolute Gasteiger partial charge is 0.330 e. The number of benzene rings is 1. The highest BCUT2D eigenvalue weighted by Crippen LogP contribution is 2.20. The van der Waals surface area contributed by atoms with Crippen LogP contribution in [0.1, 0.15) is 20.3 Å². The Morgan fingerprint density at radius 1 is 1.05 bits per heavy atom. The molecule has 0 amide bonds. The molecule has 0 saturated carbocycles. The highest BCUT2D eigenvalue weighted by molar-refractivity contribution is 5.30. The van der Waals surface area contributed by atoms with Crippen molar-refractivity contribution in [2.45, 2.75) is 20.3 Å². The quantitative estimate of drug-likeness (QED) is 0.846.